The number of carbonyl (C=O) groups is 2. The topological polar surface area (TPSA) is 111 Å². The molecule has 2 N–H and O–H groups in total. The second-order valence-corrected chi connectivity index (χ2v) is 20.8. The van der Waals surface area contributed by atoms with E-state index in [0.29, 0.717) is 30.3 Å². The lowest BCUT2D eigenvalue weighted by molar-refractivity contribution is -0.870. The first-order valence-electron chi connectivity index (χ1n) is 27.3. The summed E-state index contributed by atoms with van der Waals surface area (Å²) in [5.41, 5.74) is 0. The van der Waals surface area contributed by atoms with Crippen molar-refractivity contribution in [2.24, 2.45) is 0 Å². The van der Waals surface area contributed by atoms with Crippen molar-refractivity contribution in [1.82, 2.24) is 5.32 Å². The van der Waals surface area contributed by atoms with Crippen LogP contribution in [0, 0.1) is 0 Å². The van der Waals surface area contributed by atoms with Crippen LogP contribution in [-0.4, -0.2) is 74.3 Å². The van der Waals surface area contributed by atoms with Gasteiger partial charge in [0.15, 0.2) is 0 Å². The molecule has 0 aliphatic carbocycles. The number of ether oxygens (including phenoxy) is 1. The molecule has 0 bridgehead atoms. The highest BCUT2D eigenvalue weighted by molar-refractivity contribution is 7.47. The number of rotatable bonds is 48. The molecule has 0 saturated heterocycles. The summed E-state index contributed by atoms with van der Waals surface area (Å²) in [5, 5.41) is 3.01. The van der Waals surface area contributed by atoms with Crippen molar-refractivity contribution in [3.05, 3.63) is 72.9 Å². The predicted molar refractivity (Wildman–Crippen MR) is 286 cm³/mol. The van der Waals surface area contributed by atoms with E-state index in [1.165, 1.54) is 109 Å². The summed E-state index contributed by atoms with van der Waals surface area (Å²) >= 11 is 0. The monoisotopic (exact) mass is 960 g/mol. The third kappa shape index (κ3) is 48.3. The maximum Gasteiger partial charge on any atom is 0.472 e. The van der Waals surface area contributed by atoms with Gasteiger partial charge in [-0.3, -0.25) is 18.6 Å². The van der Waals surface area contributed by atoms with Crippen LogP contribution in [0.1, 0.15) is 226 Å². The van der Waals surface area contributed by atoms with Crippen LogP contribution in [0.25, 0.3) is 0 Å². The summed E-state index contributed by atoms with van der Waals surface area (Å²) in [6.07, 6.45) is 59.0. The smallest absolute Gasteiger partial charge is 0.456 e. The summed E-state index contributed by atoms with van der Waals surface area (Å²) in [6.45, 7) is 6.90. The Balaban J connectivity index is 5.49. The summed E-state index contributed by atoms with van der Waals surface area (Å²) < 4.78 is 30.5. The van der Waals surface area contributed by atoms with E-state index < -0.39 is 20.0 Å². The molecule has 0 aliphatic heterocycles. The molecule has 0 heterocycles. The highest BCUT2D eigenvalue weighted by Crippen LogP contribution is 2.43. The van der Waals surface area contributed by atoms with Gasteiger partial charge in [-0.2, -0.15) is 0 Å². The van der Waals surface area contributed by atoms with Gasteiger partial charge in [0, 0.05) is 12.8 Å². The predicted octanol–water partition coefficient (Wildman–Crippen LogP) is 16.1. The van der Waals surface area contributed by atoms with E-state index in [1.54, 1.807) is 0 Å². The summed E-state index contributed by atoms with van der Waals surface area (Å²) in [5.74, 6) is -0.594. The van der Waals surface area contributed by atoms with Crippen LogP contribution in [0.3, 0.4) is 0 Å². The van der Waals surface area contributed by atoms with Crippen LogP contribution in [0.4, 0.5) is 0 Å². The molecule has 0 spiro atoms. The maximum absolute atomic E-state index is 13.4. The van der Waals surface area contributed by atoms with Crippen molar-refractivity contribution in [3.63, 3.8) is 0 Å². The number of phosphoric acid groups is 1. The molecule has 0 fully saturated rings. The van der Waals surface area contributed by atoms with E-state index in [9.17, 15) is 19.0 Å². The first-order chi connectivity index (χ1) is 32.4. The number of carbonyl (C=O) groups excluding carboxylic acids is 2. The zero-order chi connectivity index (χ0) is 49.4. The van der Waals surface area contributed by atoms with Crippen LogP contribution in [0.2, 0.25) is 0 Å². The Morgan fingerprint density at radius 3 is 1.43 bits per heavy atom. The number of likely N-dealkylation sites (N-methyl/N-ethyl adjacent to an activating group) is 1. The number of hydrogen-bond donors (Lipinski definition) is 2. The first-order valence-corrected chi connectivity index (χ1v) is 28.8. The molecule has 3 atom stereocenters. The van der Waals surface area contributed by atoms with Gasteiger partial charge in [0.1, 0.15) is 19.3 Å². The molecule has 9 nitrogen and oxygen atoms in total. The fourth-order valence-electron chi connectivity index (χ4n) is 7.34. The second kappa shape index (κ2) is 47.1. The first kappa shape index (κ1) is 64.5. The van der Waals surface area contributed by atoms with Crippen molar-refractivity contribution in [1.29, 1.82) is 0 Å². The molecule has 0 radical (unpaired) electrons. The fourth-order valence-corrected chi connectivity index (χ4v) is 8.07. The highest BCUT2D eigenvalue weighted by Gasteiger charge is 2.30. The number of nitrogens with one attached hydrogen (secondary N) is 1. The molecule has 0 rings (SSSR count). The van der Waals surface area contributed by atoms with Gasteiger partial charge in [0.25, 0.3) is 0 Å². The average molecular weight is 960 g/mol. The quantitative estimate of drug-likeness (QED) is 0.0205. The van der Waals surface area contributed by atoms with Crippen LogP contribution in [-0.2, 0) is 27.9 Å². The minimum Gasteiger partial charge on any atom is -0.456 e. The summed E-state index contributed by atoms with van der Waals surface area (Å²) in [7, 11) is 1.45. The van der Waals surface area contributed by atoms with E-state index >= 15 is 0 Å². The van der Waals surface area contributed by atoms with Crippen LogP contribution >= 0.6 is 7.82 Å². The fraction of sp³-hybridized carbons (Fsp3) is 0.754. The van der Waals surface area contributed by atoms with Gasteiger partial charge in [-0.25, -0.2) is 4.57 Å². The standard InChI is InChI=1S/C57H103N2O7P/c1-7-10-13-16-19-22-25-27-28-29-30-32-35-38-41-44-47-50-57(61)66-55(48-45-42-39-36-33-24-21-18-15-12-9-3)54(53-65-67(62,63)64-52-51-59(4,5)6)58-56(60)49-46-43-40-37-34-31-26-23-20-17-14-11-8-2/h19,22,27-28,30-32,34,38,41,45,48,54-55H,7-18,20-21,23-26,29,33,35-37,39-40,42-44,46-47,49-53H2,1-6H3,(H-,58,60,62,63)/p+1/b22-19-,28-27-,32-30-,34-31-,41-38-,48-45+. The molecule has 388 valence electrons. The van der Waals surface area contributed by atoms with E-state index in [0.717, 1.165) is 70.6 Å². The zero-order valence-corrected chi connectivity index (χ0v) is 45.0. The van der Waals surface area contributed by atoms with Gasteiger partial charge >= 0.3 is 13.8 Å². The number of phosphoric ester groups is 1. The molecular weight excluding hydrogens is 856 g/mol. The number of quaternary nitrogens is 1. The molecular formula is C57H104N2O7P+. The van der Waals surface area contributed by atoms with E-state index in [2.05, 4.69) is 86.8 Å². The number of hydrogen-bond acceptors (Lipinski definition) is 6. The van der Waals surface area contributed by atoms with Crippen LogP contribution in [0.15, 0.2) is 72.9 Å². The average Bonchev–Trinajstić information content (AvgIpc) is 3.28. The van der Waals surface area contributed by atoms with E-state index in [4.69, 9.17) is 13.8 Å². The Hall–Kier alpha value is -2.55. The van der Waals surface area contributed by atoms with E-state index in [-0.39, 0.29) is 31.5 Å². The SMILES string of the molecule is CCCCC/C=C\C/C=C\C/C=C\C/C=C\CCCC(=O)OC(/C=C/CCCCCCCCCCC)C(COP(=O)(O)OCC[N+](C)(C)C)NC(=O)CCCCC/C=C\CCCCCCCC. The van der Waals surface area contributed by atoms with Crippen molar-refractivity contribution in [2.75, 3.05) is 40.9 Å². The number of esters is 1. The van der Waals surface area contributed by atoms with E-state index in [1.807, 2.05) is 33.3 Å². The second-order valence-electron chi connectivity index (χ2n) is 19.4. The number of allylic oxidation sites excluding steroid dienone is 11. The van der Waals surface area contributed by atoms with Crippen molar-refractivity contribution >= 4 is 19.7 Å². The molecule has 0 aromatic rings. The number of amides is 1. The van der Waals surface area contributed by atoms with Crippen molar-refractivity contribution in [2.45, 2.75) is 238 Å². The lowest BCUT2D eigenvalue weighted by Gasteiger charge is -2.27. The minimum absolute atomic E-state index is 0.0268. The highest BCUT2D eigenvalue weighted by atomic mass is 31.2. The molecule has 67 heavy (non-hydrogen) atoms. The lowest BCUT2D eigenvalue weighted by Crippen LogP contribution is -2.47. The lowest BCUT2D eigenvalue weighted by atomic mass is 10.1. The Morgan fingerprint density at radius 2 is 0.925 bits per heavy atom. The molecule has 3 unspecified atom stereocenters. The number of unbranched alkanes of at least 4 members (excludes halogenated alkanes) is 22. The molecule has 0 aromatic heterocycles. The largest absolute Gasteiger partial charge is 0.472 e. The Morgan fingerprint density at radius 1 is 0.522 bits per heavy atom. The molecule has 10 heteroatoms. The minimum atomic E-state index is -4.46. The molecule has 1 amide bonds. The Bertz CT molecular complexity index is 1380. The third-order valence-electron chi connectivity index (χ3n) is 11.6. The Labute approximate surface area is 413 Å². The summed E-state index contributed by atoms with van der Waals surface area (Å²) in [6, 6.07) is -0.878. The zero-order valence-electron chi connectivity index (χ0n) is 44.1. The normalized spacial score (nSPS) is 14.4. The molecule has 0 aromatic carbocycles. The van der Waals surface area contributed by atoms with Gasteiger partial charge in [0.2, 0.25) is 5.91 Å². The van der Waals surface area contributed by atoms with Crippen molar-refractivity contribution < 1.29 is 37.3 Å². The number of nitrogens with zero attached hydrogens (tertiary/aromatic N) is 1. The van der Waals surface area contributed by atoms with Gasteiger partial charge < -0.3 is 19.4 Å². The van der Waals surface area contributed by atoms with Crippen LogP contribution < -0.4 is 5.32 Å². The van der Waals surface area contributed by atoms with Crippen molar-refractivity contribution in [3.8, 4) is 0 Å². The van der Waals surface area contributed by atoms with Gasteiger partial charge in [-0.15, -0.1) is 0 Å². The third-order valence-corrected chi connectivity index (χ3v) is 12.6. The van der Waals surface area contributed by atoms with Gasteiger partial charge in [-0.1, -0.05) is 190 Å². The van der Waals surface area contributed by atoms with Crippen LogP contribution in [0.5, 0.6) is 0 Å². The van der Waals surface area contributed by atoms with Gasteiger partial charge in [0.05, 0.1) is 33.8 Å². The molecule has 0 saturated carbocycles. The molecule has 0 aliphatic rings. The summed E-state index contributed by atoms with van der Waals surface area (Å²) in [4.78, 5) is 37.4. The maximum atomic E-state index is 13.4. The Kier molecular flexibility index (Phi) is 45.3. The van der Waals surface area contributed by atoms with Gasteiger partial charge in [-0.05, 0) is 96.0 Å².